The van der Waals surface area contributed by atoms with Crippen LogP contribution in [0.1, 0.15) is 10.4 Å². The zero-order valence-electron chi connectivity index (χ0n) is 17.2. The van der Waals surface area contributed by atoms with Crippen LogP contribution in [-0.4, -0.2) is 75.2 Å². The van der Waals surface area contributed by atoms with Crippen molar-refractivity contribution in [1.29, 1.82) is 0 Å². The molecule has 1 amide bonds. The number of guanidine groups is 1. The lowest BCUT2D eigenvalue weighted by atomic mass is 10.1. The number of amides is 1. The van der Waals surface area contributed by atoms with E-state index >= 15 is 0 Å². The lowest BCUT2D eigenvalue weighted by Crippen LogP contribution is -2.53. The van der Waals surface area contributed by atoms with Crippen LogP contribution in [0.3, 0.4) is 0 Å². The second kappa shape index (κ2) is 8.61. The summed E-state index contributed by atoms with van der Waals surface area (Å²) in [6, 6.07) is 12.0. The average Bonchev–Trinajstić information content (AvgIpc) is 3.28. The van der Waals surface area contributed by atoms with Crippen LogP contribution in [0, 0.1) is 5.82 Å². The summed E-state index contributed by atoms with van der Waals surface area (Å²) in [5.41, 5.74) is 1.10. The van der Waals surface area contributed by atoms with Gasteiger partial charge in [0.1, 0.15) is 17.3 Å². The normalized spacial score (nSPS) is 16.5. The van der Waals surface area contributed by atoms with E-state index in [1.54, 1.807) is 49.5 Å². The third-order valence-electron chi connectivity index (χ3n) is 5.42. The second-order valence-electron chi connectivity index (χ2n) is 7.17. The third-order valence-corrected chi connectivity index (χ3v) is 5.42. The number of benzene rings is 2. The predicted octanol–water partition coefficient (Wildman–Crippen LogP) is 2.48. The molecule has 2 heterocycles. The summed E-state index contributed by atoms with van der Waals surface area (Å²) in [7, 11) is 3.11. The highest BCUT2D eigenvalue weighted by Gasteiger charge is 2.31. The van der Waals surface area contributed by atoms with Crippen LogP contribution in [0.15, 0.2) is 47.5 Å². The fraction of sp³-hybridized carbons (Fsp3) is 0.364. The van der Waals surface area contributed by atoms with Gasteiger partial charge in [-0.15, -0.1) is 0 Å². The first kappa shape index (κ1) is 20.0. The molecule has 2 aliphatic rings. The maximum atomic E-state index is 14.1. The first-order valence-electron chi connectivity index (χ1n) is 9.94. The van der Waals surface area contributed by atoms with Gasteiger partial charge >= 0.3 is 0 Å². The number of piperazine rings is 1. The molecule has 0 atom stereocenters. The molecule has 0 radical (unpaired) electrons. The van der Waals surface area contributed by atoms with E-state index in [4.69, 9.17) is 9.47 Å². The largest absolute Gasteiger partial charge is 0.497 e. The average molecular weight is 412 g/mol. The van der Waals surface area contributed by atoms with E-state index in [2.05, 4.69) is 9.89 Å². The SMILES string of the molecule is COc1cc(OC)cc(C(=O)N2CCN=C2N2CCN(c3ccccc3F)CC2)c1. The van der Waals surface area contributed by atoms with Crippen LogP contribution in [-0.2, 0) is 0 Å². The highest BCUT2D eigenvalue weighted by molar-refractivity contribution is 6.06. The minimum Gasteiger partial charge on any atom is -0.497 e. The Morgan fingerprint density at radius 2 is 1.57 bits per heavy atom. The van der Waals surface area contributed by atoms with Crippen molar-refractivity contribution >= 4 is 17.6 Å². The molecule has 30 heavy (non-hydrogen) atoms. The van der Waals surface area contributed by atoms with Crippen molar-refractivity contribution in [3.63, 3.8) is 0 Å². The molecular formula is C22H25FN4O3. The number of rotatable bonds is 4. The van der Waals surface area contributed by atoms with Crippen LogP contribution in [0.4, 0.5) is 10.1 Å². The van der Waals surface area contributed by atoms with E-state index in [1.807, 2.05) is 11.0 Å². The van der Waals surface area contributed by atoms with Crippen molar-refractivity contribution in [3.05, 3.63) is 53.8 Å². The van der Waals surface area contributed by atoms with Gasteiger partial charge in [-0.3, -0.25) is 14.7 Å². The number of nitrogens with zero attached hydrogens (tertiary/aromatic N) is 4. The summed E-state index contributed by atoms with van der Waals surface area (Å²) >= 11 is 0. The Labute approximate surface area is 175 Å². The third kappa shape index (κ3) is 3.90. The van der Waals surface area contributed by atoms with Gasteiger partial charge in [-0.25, -0.2) is 4.39 Å². The van der Waals surface area contributed by atoms with Crippen LogP contribution < -0.4 is 14.4 Å². The summed E-state index contributed by atoms with van der Waals surface area (Å²) in [5, 5.41) is 0. The van der Waals surface area contributed by atoms with Gasteiger partial charge in [0.2, 0.25) is 5.96 Å². The van der Waals surface area contributed by atoms with Gasteiger partial charge in [0.05, 0.1) is 26.5 Å². The monoisotopic (exact) mass is 412 g/mol. The minimum atomic E-state index is -0.215. The topological polar surface area (TPSA) is 57.6 Å². The number of carbonyl (C=O) groups excluding carboxylic acids is 1. The summed E-state index contributed by atoms with van der Waals surface area (Å²) in [6.07, 6.45) is 0. The maximum Gasteiger partial charge on any atom is 0.260 e. The Kier molecular flexibility index (Phi) is 5.74. The maximum absolute atomic E-state index is 14.1. The molecule has 158 valence electrons. The highest BCUT2D eigenvalue weighted by atomic mass is 19.1. The Balaban J connectivity index is 1.47. The quantitative estimate of drug-likeness (QED) is 0.772. The van der Waals surface area contributed by atoms with Crippen molar-refractivity contribution < 1.29 is 18.7 Å². The Morgan fingerprint density at radius 3 is 2.20 bits per heavy atom. The van der Waals surface area contributed by atoms with Gasteiger partial charge in [-0.2, -0.15) is 0 Å². The molecule has 4 rings (SSSR count). The number of hydrogen-bond donors (Lipinski definition) is 0. The first-order chi connectivity index (χ1) is 14.6. The van der Waals surface area contributed by atoms with E-state index in [0.717, 1.165) is 0 Å². The van der Waals surface area contributed by atoms with E-state index in [-0.39, 0.29) is 11.7 Å². The van der Waals surface area contributed by atoms with E-state index in [0.29, 0.717) is 68.0 Å². The molecular weight excluding hydrogens is 387 g/mol. The molecule has 0 saturated carbocycles. The van der Waals surface area contributed by atoms with Crippen LogP contribution in [0.2, 0.25) is 0 Å². The molecule has 2 aliphatic heterocycles. The fourth-order valence-electron chi connectivity index (χ4n) is 3.84. The van der Waals surface area contributed by atoms with Gasteiger partial charge in [-0.1, -0.05) is 12.1 Å². The van der Waals surface area contributed by atoms with Crippen LogP contribution in [0.25, 0.3) is 0 Å². The van der Waals surface area contributed by atoms with Gasteiger partial charge in [0, 0.05) is 44.4 Å². The fourth-order valence-corrected chi connectivity index (χ4v) is 3.84. The van der Waals surface area contributed by atoms with Crippen molar-refractivity contribution in [3.8, 4) is 11.5 Å². The smallest absolute Gasteiger partial charge is 0.260 e. The summed E-state index contributed by atoms with van der Waals surface area (Å²) in [4.78, 5) is 23.6. The number of para-hydroxylation sites is 1. The molecule has 0 spiro atoms. The van der Waals surface area contributed by atoms with E-state index in [9.17, 15) is 9.18 Å². The van der Waals surface area contributed by atoms with Crippen LogP contribution >= 0.6 is 0 Å². The Bertz CT molecular complexity index is 935. The molecule has 0 bridgehead atoms. The summed E-state index contributed by atoms with van der Waals surface area (Å²) in [5.74, 6) is 1.45. The standard InChI is InChI=1S/C22H25FN4O3/c1-29-17-13-16(14-18(15-17)30-2)21(28)27-8-7-24-22(27)26-11-9-25(10-12-26)20-6-4-3-5-19(20)23/h3-6,13-15H,7-12H2,1-2H3. The molecule has 2 aromatic rings. The zero-order chi connectivity index (χ0) is 21.1. The number of aliphatic imine (C=N–C) groups is 1. The molecule has 7 nitrogen and oxygen atoms in total. The van der Waals surface area contributed by atoms with E-state index in [1.165, 1.54) is 6.07 Å². The number of hydrogen-bond acceptors (Lipinski definition) is 6. The van der Waals surface area contributed by atoms with Crippen molar-refractivity contribution in [2.75, 3.05) is 58.4 Å². The Hall–Kier alpha value is -3.29. The second-order valence-corrected chi connectivity index (χ2v) is 7.17. The van der Waals surface area contributed by atoms with Gasteiger partial charge in [-0.05, 0) is 24.3 Å². The van der Waals surface area contributed by atoms with Crippen molar-refractivity contribution in [2.45, 2.75) is 0 Å². The lowest BCUT2D eigenvalue weighted by Gasteiger charge is -2.38. The Morgan fingerprint density at radius 1 is 0.933 bits per heavy atom. The van der Waals surface area contributed by atoms with Crippen molar-refractivity contribution in [1.82, 2.24) is 9.80 Å². The zero-order valence-corrected chi connectivity index (χ0v) is 17.2. The molecule has 0 aromatic heterocycles. The predicted molar refractivity (Wildman–Crippen MR) is 113 cm³/mol. The number of anilines is 1. The van der Waals surface area contributed by atoms with Gasteiger partial charge in [0.25, 0.3) is 5.91 Å². The van der Waals surface area contributed by atoms with Gasteiger partial charge < -0.3 is 19.3 Å². The summed E-state index contributed by atoms with van der Waals surface area (Å²) < 4.78 is 24.7. The molecule has 8 heteroatoms. The summed E-state index contributed by atoms with van der Waals surface area (Å²) in [6.45, 7) is 3.75. The molecule has 2 aromatic carbocycles. The van der Waals surface area contributed by atoms with Crippen LogP contribution in [0.5, 0.6) is 11.5 Å². The lowest BCUT2D eigenvalue weighted by molar-refractivity contribution is 0.0842. The van der Waals surface area contributed by atoms with Gasteiger partial charge in [0.15, 0.2) is 0 Å². The number of ether oxygens (including phenoxy) is 2. The minimum absolute atomic E-state index is 0.139. The molecule has 0 aliphatic carbocycles. The highest BCUT2D eigenvalue weighted by Crippen LogP contribution is 2.25. The molecule has 1 saturated heterocycles. The number of methoxy groups -OCH3 is 2. The van der Waals surface area contributed by atoms with Crippen molar-refractivity contribution in [2.24, 2.45) is 4.99 Å². The number of halogens is 1. The first-order valence-corrected chi connectivity index (χ1v) is 9.94. The molecule has 0 unspecified atom stereocenters. The number of carbonyl (C=O) groups is 1. The molecule has 1 fully saturated rings. The molecule has 0 N–H and O–H groups in total. The van der Waals surface area contributed by atoms with E-state index < -0.39 is 0 Å².